The lowest BCUT2D eigenvalue weighted by Crippen LogP contribution is -2.28. The van der Waals surface area contributed by atoms with Crippen LogP contribution in [0, 0.1) is 0 Å². The molecule has 0 spiro atoms. The summed E-state index contributed by atoms with van der Waals surface area (Å²) in [4.78, 5) is 6.72. The van der Waals surface area contributed by atoms with Crippen molar-refractivity contribution in [2.45, 2.75) is 18.9 Å². The molecule has 2 N–H and O–H groups in total. The summed E-state index contributed by atoms with van der Waals surface area (Å²) < 4.78 is 0. The highest BCUT2D eigenvalue weighted by Gasteiger charge is 2.18. The highest BCUT2D eigenvalue weighted by atomic mass is 15.2. The first kappa shape index (κ1) is 9.62. The largest absolute Gasteiger partial charge is 0.326 e. The summed E-state index contributed by atoms with van der Waals surface area (Å²) in [7, 11) is 0. The molecule has 14 heavy (non-hydrogen) atoms. The van der Waals surface area contributed by atoms with Crippen LogP contribution in [0.2, 0.25) is 0 Å². The molecule has 1 aliphatic rings. The maximum absolute atomic E-state index is 5.84. The molecule has 0 aromatic carbocycles. The minimum atomic E-state index is 0.388. The van der Waals surface area contributed by atoms with Gasteiger partial charge >= 0.3 is 0 Å². The minimum Gasteiger partial charge on any atom is -0.326 e. The summed E-state index contributed by atoms with van der Waals surface area (Å²) in [6.07, 6.45) is 4.03. The van der Waals surface area contributed by atoms with Gasteiger partial charge in [-0.05, 0) is 25.1 Å². The fourth-order valence-corrected chi connectivity index (χ4v) is 1.88. The zero-order valence-electron chi connectivity index (χ0n) is 8.39. The van der Waals surface area contributed by atoms with E-state index in [1.165, 1.54) is 5.69 Å². The Balaban J connectivity index is 1.78. The maximum atomic E-state index is 5.84. The second-order valence-corrected chi connectivity index (χ2v) is 3.92. The topological polar surface area (TPSA) is 42.1 Å². The van der Waals surface area contributed by atoms with Crippen LogP contribution in [-0.4, -0.2) is 35.6 Å². The zero-order chi connectivity index (χ0) is 9.80. The molecule has 1 aromatic heterocycles. The third-order valence-electron chi connectivity index (χ3n) is 2.72. The van der Waals surface area contributed by atoms with E-state index in [-0.39, 0.29) is 0 Å². The van der Waals surface area contributed by atoms with Gasteiger partial charge in [-0.3, -0.25) is 4.98 Å². The standard InChI is InChI=1S/C11H17N3/c12-10-4-7-14(9-10)8-5-11-3-1-2-6-13-11/h1-3,6,10H,4-5,7-9,12H2. The summed E-state index contributed by atoms with van der Waals surface area (Å²) in [6.45, 7) is 3.28. The molecule has 1 saturated heterocycles. The quantitative estimate of drug-likeness (QED) is 0.763. The molecule has 1 aliphatic heterocycles. The van der Waals surface area contributed by atoms with Gasteiger partial charge < -0.3 is 10.6 Å². The van der Waals surface area contributed by atoms with Crippen molar-refractivity contribution in [3.8, 4) is 0 Å². The van der Waals surface area contributed by atoms with E-state index in [4.69, 9.17) is 5.73 Å². The van der Waals surface area contributed by atoms with Gasteiger partial charge in [0, 0.05) is 37.4 Å². The van der Waals surface area contributed by atoms with Gasteiger partial charge in [-0.1, -0.05) is 6.07 Å². The second-order valence-electron chi connectivity index (χ2n) is 3.92. The van der Waals surface area contributed by atoms with Crippen LogP contribution in [0.15, 0.2) is 24.4 Å². The fourth-order valence-electron chi connectivity index (χ4n) is 1.88. The molecular weight excluding hydrogens is 174 g/mol. The van der Waals surface area contributed by atoms with Gasteiger partial charge in [-0.25, -0.2) is 0 Å². The minimum absolute atomic E-state index is 0.388. The summed E-state index contributed by atoms with van der Waals surface area (Å²) in [5.41, 5.74) is 7.01. The van der Waals surface area contributed by atoms with Gasteiger partial charge in [0.1, 0.15) is 0 Å². The van der Waals surface area contributed by atoms with Gasteiger partial charge in [-0.15, -0.1) is 0 Å². The number of pyridine rings is 1. The van der Waals surface area contributed by atoms with E-state index < -0.39 is 0 Å². The number of nitrogens with zero attached hydrogens (tertiary/aromatic N) is 2. The summed E-state index contributed by atoms with van der Waals surface area (Å²) in [6, 6.07) is 6.46. The monoisotopic (exact) mass is 191 g/mol. The molecule has 76 valence electrons. The number of nitrogens with two attached hydrogens (primary N) is 1. The van der Waals surface area contributed by atoms with Crippen molar-refractivity contribution in [3.63, 3.8) is 0 Å². The molecule has 1 unspecified atom stereocenters. The van der Waals surface area contributed by atoms with Gasteiger partial charge in [0.2, 0.25) is 0 Å². The normalized spacial score (nSPS) is 22.8. The third-order valence-corrected chi connectivity index (χ3v) is 2.72. The SMILES string of the molecule is NC1CCN(CCc2ccccn2)C1. The first-order valence-corrected chi connectivity index (χ1v) is 5.22. The number of likely N-dealkylation sites (tertiary alicyclic amines) is 1. The molecule has 2 heterocycles. The van der Waals surface area contributed by atoms with E-state index in [1.807, 2.05) is 18.3 Å². The average molecular weight is 191 g/mol. The molecule has 0 amide bonds. The van der Waals surface area contributed by atoms with Crippen LogP contribution in [0.5, 0.6) is 0 Å². The lowest BCUT2D eigenvalue weighted by Gasteiger charge is -2.14. The molecule has 1 fully saturated rings. The second kappa shape index (κ2) is 4.53. The van der Waals surface area contributed by atoms with Crippen molar-refractivity contribution < 1.29 is 0 Å². The first-order chi connectivity index (χ1) is 6.84. The van der Waals surface area contributed by atoms with Crippen molar-refractivity contribution in [3.05, 3.63) is 30.1 Å². The van der Waals surface area contributed by atoms with Crippen LogP contribution >= 0.6 is 0 Å². The van der Waals surface area contributed by atoms with Crippen LogP contribution in [0.3, 0.4) is 0 Å². The molecule has 1 atom stereocenters. The van der Waals surface area contributed by atoms with Crippen molar-refractivity contribution in [1.82, 2.24) is 9.88 Å². The molecule has 3 nitrogen and oxygen atoms in total. The predicted molar refractivity (Wildman–Crippen MR) is 57.0 cm³/mol. The molecule has 0 saturated carbocycles. The zero-order valence-corrected chi connectivity index (χ0v) is 8.39. The van der Waals surface area contributed by atoms with E-state index in [1.54, 1.807) is 0 Å². The first-order valence-electron chi connectivity index (χ1n) is 5.22. The number of hydrogen-bond acceptors (Lipinski definition) is 3. The van der Waals surface area contributed by atoms with E-state index in [2.05, 4.69) is 16.0 Å². The Morgan fingerprint density at radius 3 is 3.07 bits per heavy atom. The lowest BCUT2D eigenvalue weighted by molar-refractivity contribution is 0.337. The van der Waals surface area contributed by atoms with Gasteiger partial charge in [0.25, 0.3) is 0 Å². The predicted octanol–water partition coefficient (Wildman–Crippen LogP) is 0.657. The molecule has 0 bridgehead atoms. The summed E-state index contributed by atoms with van der Waals surface area (Å²) in [5.74, 6) is 0. The Morgan fingerprint density at radius 2 is 2.43 bits per heavy atom. The van der Waals surface area contributed by atoms with Gasteiger partial charge in [-0.2, -0.15) is 0 Å². The van der Waals surface area contributed by atoms with Crippen molar-refractivity contribution >= 4 is 0 Å². The Kier molecular flexibility index (Phi) is 3.11. The molecule has 0 radical (unpaired) electrons. The number of hydrogen-bond donors (Lipinski definition) is 1. The fraction of sp³-hybridized carbons (Fsp3) is 0.545. The van der Waals surface area contributed by atoms with E-state index in [0.717, 1.165) is 32.5 Å². The van der Waals surface area contributed by atoms with Crippen LogP contribution in [0.4, 0.5) is 0 Å². The molecule has 0 aliphatic carbocycles. The molecular formula is C11H17N3. The smallest absolute Gasteiger partial charge is 0.0416 e. The maximum Gasteiger partial charge on any atom is 0.0416 e. The van der Waals surface area contributed by atoms with Crippen molar-refractivity contribution in [2.24, 2.45) is 5.73 Å². The van der Waals surface area contributed by atoms with Crippen molar-refractivity contribution in [1.29, 1.82) is 0 Å². The summed E-state index contributed by atoms with van der Waals surface area (Å²) >= 11 is 0. The molecule has 3 heteroatoms. The van der Waals surface area contributed by atoms with Gasteiger partial charge in [0.15, 0.2) is 0 Å². The average Bonchev–Trinajstić information content (AvgIpc) is 2.63. The number of aromatic nitrogens is 1. The Bertz CT molecular complexity index is 273. The molecule has 1 aromatic rings. The van der Waals surface area contributed by atoms with E-state index in [0.29, 0.717) is 6.04 Å². The Hall–Kier alpha value is -0.930. The summed E-state index contributed by atoms with van der Waals surface area (Å²) in [5, 5.41) is 0. The van der Waals surface area contributed by atoms with Crippen LogP contribution in [0.25, 0.3) is 0 Å². The Labute approximate surface area is 84.9 Å². The van der Waals surface area contributed by atoms with Crippen molar-refractivity contribution in [2.75, 3.05) is 19.6 Å². The van der Waals surface area contributed by atoms with Crippen LogP contribution < -0.4 is 5.73 Å². The van der Waals surface area contributed by atoms with E-state index >= 15 is 0 Å². The van der Waals surface area contributed by atoms with E-state index in [9.17, 15) is 0 Å². The van der Waals surface area contributed by atoms with Crippen LogP contribution in [0.1, 0.15) is 12.1 Å². The van der Waals surface area contributed by atoms with Gasteiger partial charge in [0.05, 0.1) is 0 Å². The number of rotatable bonds is 3. The lowest BCUT2D eigenvalue weighted by atomic mass is 10.2. The van der Waals surface area contributed by atoms with Crippen LogP contribution in [-0.2, 0) is 6.42 Å². The molecule has 2 rings (SSSR count). The highest BCUT2D eigenvalue weighted by Crippen LogP contribution is 2.07. The third kappa shape index (κ3) is 2.53. The highest BCUT2D eigenvalue weighted by molar-refractivity contribution is 5.03. The Morgan fingerprint density at radius 1 is 1.50 bits per heavy atom.